The molecule has 5 heterocycles. The van der Waals surface area contributed by atoms with E-state index in [1.807, 2.05) is 6.92 Å². The van der Waals surface area contributed by atoms with Crippen molar-refractivity contribution in [2.45, 2.75) is 158 Å². The van der Waals surface area contributed by atoms with E-state index in [1.54, 1.807) is 0 Å². The zero-order valence-electron chi connectivity index (χ0n) is 40.9. The van der Waals surface area contributed by atoms with Gasteiger partial charge in [-0.2, -0.15) is 0 Å². The van der Waals surface area contributed by atoms with Crippen molar-refractivity contribution in [3.05, 3.63) is 84.7 Å². The second-order valence-corrected chi connectivity index (χ2v) is 20.1. The molecule has 6 rings (SSSR count). The molecule has 8 atom stereocenters. The molecule has 64 heavy (non-hydrogen) atoms. The van der Waals surface area contributed by atoms with Gasteiger partial charge < -0.3 is 35.2 Å². The molecule has 0 aromatic carbocycles. The molecule has 4 aliphatic rings. The van der Waals surface area contributed by atoms with Crippen molar-refractivity contribution >= 4 is 29.7 Å². The molecule has 1 saturated heterocycles. The van der Waals surface area contributed by atoms with Crippen molar-refractivity contribution in [3.63, 3.8) is 0 Å². The molecule has 1 fully saturated rings. The van der Waals surface area contributed by atoms with E-state index >= 15 is 0 Å². The van der Waals surface area contributed by atoms with Gasteiger partial charge in [-0.25, -0.2) is 0 Å². The Morgan fingerprint density at radius 2 is 1.59 bits per heavy atom. The van der Waals surface area contributed by atoms with Gasteiger partial charge in [-0.15, -0.1) is 6.42 Å². The summed E-state index contributed by atoms with van der Waals surface area (Å²) in [6.07, 6.45) is 26.4. The molecule has 9 heteroatoms. The summed E-state index contributed by atoms with van der Waals surface area (Å²) in [5.41, 5.74) is 11.8. The van der Waals surface area contributed by atoms with Gasteiger partial charge in [0.15, 0.2) is 0 Å². The predicted molar refractivity (Wildman–Crippen MR) is 260 cm³/mol. The summed E-state index contributed by atoms with van der Waals surface area (Å²) in [4.78, 5) is 34.5. The molecule has 2 aromatic rings. The lowest BCUT2D eigenvalue weighted by Crippen LogP contribution is -2.37. The number of H-pyrrole nitrogens is 2. The van der Waals surface area contributed by atoms with Gasteiger partial charge in [-0.05, 0) is 129 Å². The number of terminal acetylenes is 1. The average Bonchev–Trinajstić information content (AvgIpc) is 3.99. The predicted octanol–water partition coefficient (Wildman–Crippen LogP) is 9.64. The standard InChI is InChI=1S/C55H78N4O5/c1-13-39-35(8)42-28-44-37(10)41(24-25-48(60)64-27-26-34(7)23-17-22-33(6)21-16-20-32(5)19-15-18-31(3)4)52(58-44)50-51(55(62)63-12)54(61)49-38(11)45(59-53(49)50)30-47-40(14-2)36(9)43(57-47)29-46(39)56-42/h1,26,28-33,37,39,41,51-52,54,56-59,61H,14-25,27H2,2-12H3/b34-26+,44-28-,45-30-,46-29-/t32-,33+,37+,39+,41+,51-,52?,54-/m1/s1. The lowest BCUT2D eigenvalue weighted by atomic mass is 9.80. The molecule has 0 amide bonds. The number of aliphatic hydroxyl groups is 1. The zero-order valence-corrected chi connectivity index (χ0v) is 40.9. The summed E-state index contributed by atoms with van der Waals surface area (Å²) < 4.78 is 11.2. The van der Waals surface area contributed by atoms with Gasteiger partial charge in [0, 0.05) is 57.1 Å². The van der Waals surface area contributed by atoms with Gasteiger partial charge >= 0.3 is 11.9 Å². The van der Waals surface area contributed by atoms with E-state index in [1.165, 1.54) is 63.2 Å². The quantitative estimate of drug-likeness (QED) is 0.0541. The maximum atomic E-state index is 13.7. The van der Waals surface area contributed by atoms with E-state index in [4.69, 9.17) is 15.9 Å². The van der Waals surface area contributed by atoms with Crippen LogP contribution in [0, 0.1) is 67.6 Å². The van der Waals surface area contributed by atoms with E-state index in [9.17, 15) is 14.7 Å². The van der Waals surface area contributed by atoms with Gasteiger partial charge in [-0.3, -0.25) is 9.59 Å². The molecule has 0 saturated carbocycles. The van der Waals surface area contributed by atoms with Gasteiger partial charge in [-0.1, -0.05) is 98.0 Å². The van der Waals surface area contributed by atoms with Crippen LogP contribution in [-0.4, -0.2) is 46.8 Å². The van der Waals surface area contributed by atoms with Gasteiger partial charge in [0.2, 0.25) is 0 Å². The molecule has 1 unspecified atom stereocenters. The number of rotatable bonds is 19. The van der Waals surface area contributed by atoms with Crippen LogP contribution in [0.1, 0.15) is 166 Å². The number of carbonyl (C=O) groups excluding carboxylic acids is 2. The van der Waals surface area contributed by atoms with Crippen LogP contribution in [0.4, 0.5) is 0 Å². The number of hydrogen-bond donors (Lipinski definition) is 5. The highest BCUT2D eigenvalue weighted by atomic mass is 16.5. The second-order valence-electron chi connectivity index (χ2n) is 20.1. The van der Waals surface area contributed by atoms with Crippen LogP contribution >= 0.6 is 0 Å². The van der Waals surface area contributed by atoms with Crippen LogP contribution in [0.25, 0.3) is 17.7 Å². The molecule has 2 aromatic heterocycles. The number of aromatic nitrogens is 2. The Balaban J connectivity index is 1.20. The monoisotopic (exact) mass is 875 g/mol. The number of aliphatic hydroxyl groups excluding tert-OH is 1. The van der Waals surface area contributed by atoms with Crippen molar-refractivity contribution in [2.24, 2.45) is 41.4 Å². The first kappa shape index (κ1) is 48.8. The van der Waals surface area contributed by atoms with E-state index in [0.717, 1.165) is 98.5 Å². The first-order valence-electron chi connectivity index (χ1n) is 24.4. The minimum atomic E-state index is -1.10. The first-order valence-corrected chi connectivity index (χ1v) is 24.4. The normalized spacial score (nSPS) is 25.7. The van der Waals surface area contributed by atoms with E-state index in [-0.39, 0.29) is 42.8 Å². The maximum Gasteiger partial charge on any atom is 0.315 e. The molecule has 3 aliphatic heterocycles. The lowest BCUT2D eigenvalue weighted by Gasteiger charge is -2.27. The third kappa shape index (κ3) is 10.7. The fraction of sp³-hybridized carbons (Fsp3) is 0.600. The molecule has 0 spiro atoms. The summed E-state index contributed by atoms with van der Waals surface area (Å²) in [7, 11) is 1.37. The number of ether oxygens (including phenoxy) is 2. The third-order valence-corrected chi connectivity index (χ3v) is 15.1. The van der Waals surface area contributed by atoms with E-state index in [2.05, 4.69) is 113 Å². The maximum absolute atomic E-state index is 13.7. The van der Waals surface area contributed by atoms with Crippen molar-refractivity contribution in [3.8, 4) is 12.3 Å². The molecule has 5 N–H and O–H groups in total. The van der Waals surface area contributed by atoms with Crippen LogP contribution in [-0.2, 0) is 25.5 Å². The molecular formula is C55H78N4O5. The second kappa shape index (κ2) is 21.5. The van der Waals surface area contributed by atoms with Crippen molar-refractivity contribution < 1.29 is 24.2 Å². The Morgan fingerprint density at radius 3 is 2.25 bits per heavy atom. The minimum absolute atomic E-state index is 0.0375. The largest absolute Gasteiger partial charge is 0.468 e. The summed E-state index contributed by atoms with van der Waals surface area (Å²) in [6.45, 7) is 22.3. The fourth-order valence-electron chi connectivity index (χ4n) is 10.9. The lowest BCUT2D eigenvalue weighted by molar-refractivity contribution is -0.147. The Kier molecular flexibility index (Phi) is 16.4. The Bertz CT molecular complexity index is 2330. The number of allylic oxidation sites excluding steroid dienone is 4. The number of nitrogens with one attached hydrogen (secondary N) is 4. The number of hydrogen-bond acceptors (Lipinski definition) is 7. The molecule has 9 nitrogen and oxygen atoms in total. The Labute approximate surface area is 383 Å². The van der Waals surface area contributed by atoms with Crippen LogP contribution in [0.15, 0.2) is 40.4 Å². The molecule has 0 radical (unpaired) electrons. The number of esters is 2. The van der Waals surface area contributed by atoms with Crippen LogP contribution in [0.3, 0.4) is 0 Å². The molecule has 348 valence electrons. The van der Waals surface area contributed by atoms with Crippen LogP contribution in [0.2, 0.25) is 0 Å². The van der Waals surface area contributed by atoms with Crippen molar-refractivity contribution in [2.75, 3.05) is 13.7 Å². The molecule has 8 bridgehead atoms. The average molecular weight is 875 g/mol. The van der Waals surface area contributed by atoms with Gasteiger partial charge in [0.1, 0.15) is 12.5 Å². The topological polar surface area (TPSA) is 128 Å². The van der Waals surface area contributed by atoms with Crippen molar-refractivity contribution in [1.29, 1.82) is 0 Å². The van der Waals surface area contributed by atoms with Crippen LogP contribution < -0.4 is 21.3 Å². The number of aromatic amines is 2. The van der Waals surface area contributed by atoms with E-state index in [0.29, 0.717) is 12.0 Å². The highest BCUT2D eigenvalue weighted by Gasteiger charge is 2.49. The SMILES string of the molecule is C#C[C@H]1C(C)=C2/C=C3\NC(C4=c5[nH]/c(c(C)c5[C@@H](O)[C@@H]4C(=O)OC)=C\c4[nH]c(c(C)c4CC)/C=C/1N2)[C@@H](CCC(=O)OC/C=C(\C)CCC[C@@H](C)CCC[C@H](C)CCCC(C)C)[C@@H]3C. The van der Waals surface area contributed by atoms with Gasteiger partial charge in [0.25, 0.3) is 0 Å². The summed E-state index contributed by atoms with van der Waals surface area (Å²) >= 11 is 0. The third-order valence-electron chi connectivity index (χ3n) is 15.1. The minimum Gasteiger partial charge on any atom is -0.468 e. The number of carbonyl (C=O) groups is 2. The smallest absolute Gasteiger partial charge is 0.315 e. The van der Waals surface area contributed by atoms with E-state index < -0.39 is 18.0 Å². The Hall–Kier alpha value is -4.68. The fourth-order valence-corrected chi connectivity index (χ4v) is 10.9. The Morgan fingerprint density at radius 1 is 0.906 bits per heavy atom. The van der Waals surface area contributed by atoms with Crippen molar-refractivity contribution in [1.82, 2.24) is 20.6 Å². The first-order chi connectivity index (χ1) is 30.6. The molecular weight excluding hydrogens is 797 g/mol. The summed E-state index contributed by atoms with van der Waals surface area (Å²) in [6, 6.07) is -0.387. The summed E-state index contributed by atoms with van der Waals surface area (Å²) in [5, 5.41) is 21.1. The highest BCUT2D eigenvalue weighted by Crippen LogP contribution is 2.45. The van der Waals surface area contributed by atoms with Crippen LogP contribution in [0.5, 0.6) is 0 Å². The van der Waals surface area contributed by atoms with Gasteiger partial charge in [0.05, 0.1) is 25.2 Å². The number of methoxy groups -OCH3 is 1. The molecule has 1 aliphatic carbocycles. The highest BCUT2D eigenvalue weighted by molar-refractivity contribution is 5.88. The summed E-state index contributed by atoms with van der Waals surface area (Å²) in [5.74, 6) is 3.32. The zero-order chi connectivity index (χ0) is 46.4. The number of fused-ring (bicyclic) bond motifs is 8.